The lowest BCUT2D eigenvalue weighted by molar-refractivity contribution is 0.364. The fourth-order valence-corrected chi connectivity index (χ4v) is 3.02. The van der Waals surface area contributed by atoms with Gasteiger partial charge in [0.25, 0.3) is 0 Å². The molecule has 1 aromatic carbocycles. The van der Waals surface area contributed by atoms with Crippen LogP contribution in [0.25, 0.3) is 0 Å². The van der Waals surface area contributed by atoms with Gasteiger partial charge in [0, 0.05) is 23.2 Å². The average Bonchev–Trinajstić information content (AvgIpc) is 2.68. The molecule has 1 aliphatic rings. The highest BCUT2D eigenvalue weighted by Crippen LogP contribution is 2.32. The standard InChI is InChI=1S/C15H22ClNO/c1-10-7-8-14(11(10)2)17-9-12-13(16)5-4-6-15(12)18-3/h4-6,10-11,14,17H,7-9H2,1-3H3. The smallest absolute Gasteiger partial charge is 0.124 e. The summed E-state index contributed by atoms with van der Waals surface area (Å²) in [5.41, 5.74) is 1.06. The predicted octanol–water partition coefficient (Wildman–Crippen LogP) is 3.87. The SMILES string of the molecule is COc1cccc(Cl)c1CNC1CCC(C)C1C. The van der Waals surface area contributed by atoms with Crippen LogP contribution in [0.1, 0.15) is 32.3 Å². The second-order valence-corrected chi connectivity index (χ2v) is 5.73. The van der Waals surface area contributed by atoms with E-state index in [1.165, 1.54) is 12.8 Å². The molecule has 3 heteroatoms. The third kappa shape index (κ3) is 2.81. The molecule has 1 fully saturated rings. The van der Waals surface area contributed by atoms with Gasteiger partial charge in [-0.25, -0.2) is 0 Å². The second kappa shape index (κ2) is 5.94. The fraction of sp³-hybridized carbons (Fsp3) is 0.600. The normalized spacial score (nSPS) is 27.4. The van der Waals surface area contributed by atoms with Crippen molar-refractivity contribution in [3.8, 4) is 5.75 Å². The van der Waals surface area contributed by atoms with Gasteiger partial charge >= 0.3 is 0 Å². The third-order valence-corrected chi connectivity index (χ3v) is 4.66. The first kappa shape index (κ1) is 13.7. The number of nitrogens with one attached hydrogen (secondary N) is 1. The van der Waals surface area contributed by atoms with Crippen molar-refractivity contribution in [1.82, 2.24) is 5.32 Å². The van der Waals surface area contributed by atoms with Crippen molar-refractivity contribution < 1.29 is 4.74 Å². The summed E-state index contributed by atoms with van der Waals surface area (Å²) in [4.78, 5) is 0. The van der Waals surface area contributed by atoms with Gasteiger partial charge < -0.3 is 10.1 Å². The van der Waals surface area contributed by atoms with Crippen molar-refractivity contribution >= 4 is 11.6 Å². The number of rotatable bonds is 4. The van der Waals surface area contributed by atoms with Gasteiger partial charge in [0.1, 0.15) is 5.75 Å². The molecule has 0 bridgehead atoms. The van der Waals surface area contributed by atoms with Gasteiger partial charge in [-0.05, 0) is 36.8 Å². The molecule has 0 saturated heterocycles. The van der Waals surface area contributed by atoms with Crippen molar-refractivity contribution in [2.24, 2.45) is 11.8 Å². The second-order valence-electron chi connectivity index (χ2n) is 5.32. The van der Waals surface area contributed by atoms with E-state index in [2.05, 4.69) is 19.2 Å². The van der Waals surface area contributed by atoms with Crippen molar-refractivity contribution in [3.63, 3.8) is 0 Å². The molecule has 2 nitrogen and oxygen atoms in total. The zero-order valence-electron chi connectivity index (χ0n) is 11.4. The van der Waals surface area contributed by atoms with Crippen molar-refractivity contribution in [2.75, 3.05) is 7.11 Å². The third-order valence-electron chi connectivity index (χ3n) is 4.30. The molecule has 0 heterocycles. The van der Waals surface area contributed by atoms with Crippen LogP contribution in [0.15, 0.2) is 18.2 Å². The van der Waals surface area contributed by atoms with Crippen molar-refractivity contribution in [1.29, 1.82) is 0 Å². The molecule has 0 amide bonds. The van der Waals surface area contributed by atoms with Crippen LogP contribution < -0.4 is 10.1 Å². The van der Waals surface area contributed by atoms with Gasteiger partial charge in [0.2, 0.25) is 0 Å². The minimum absolute atomic E-state index is 0.598. The van der Waals surface area contributed by atoms with E-state index in [1.54, 1.807) is 7.11 Å². The average molecular weight is 268 g/mol. The molecule has 3 atom stereocenters. The highest BCUT2D eigenvalue weighted by molar-refractivity contribution is 6.31. The lowest BCUT2D eigenvalue weighted by Crippen LogP contribution is -2.32. The first-order valence-electron chi connectivity index (χ1n) is 6.68. The van der Waals surface area contributed by atoms with Crippen LogP contribution in [-0.2, 0) is 6.54 Å². The van der Waals surface area contributed by atoms with Crippen LogP contribution in [0.2, 0.25) is 5.02 Å². The first-order chi connectivity index (χ1) is 8.63. The van der Waals surface area contributed by atoms with E-state index in [4.69, 9.17) is 16.3 Å². The van der Waals surface area contributed by atoms with Crippen LogP contribution in [0, 0.1) is 11.8 Å². The number of hydrogen-bond donors (Lipinski definition) is 1. The molecule has 3 unspecified atom stereocenters. The maximum absolute atomic E-state index is 6.24. The molecule has 0 spiro atoms. The molecule has 0 radical (unpaired) electrons. The lowest BCUT2D eigenvalue weighted by atomic mass is 9.97. The molecule has 1 aromatic rings. The Bertz CT molecular complexity index is 407. The largest absolute Gasteiger partial charge is 0.496 e. The van der Waals surface area contributed by atoms with E-state index in [0.717, 1.165) is 34.7 Å². The van der Waals surface area contributed by atoms with Gasteiger partial charge in [0.05, 0.1) is 7.11 Å². The minimum atomic E-state index is 0.598. The maximum atomic E-state index is 6.24. The van der Waals surface area contributed by atoms with E-state index in [-0.39, 0.29) is 0 Å². The molecule has 1 N–H and O–H groups in total. The zero-order chi connectivity index (χ0) is 13.1. The monoisotopic (exact) mass is 267 g/mol. The quantitative estimate of drug-likeness (QED) is 0.894. The van der Waals surface area contributed by atoms with Gasteiger partial charge in [0.15, 0.2) is 0 Å². The topological polar surface area (TPSA) is 21.3 Å². The summed E-state index contributed by atoms with van der Waals surface area (Å²) < 4.78 is 5.36. The van der Waals surface area contributed by atoms with Crippen molar-refractivity contribution in [3.05, 3.63) is 28.8 Å². The highest BCUT2D eigenvalue weighted by atomic mass is 35.5. The summed E-state index contributed by atoms with van der Waals surface area (Å²) >= 11 is 6.24. The Morgan fingerprint density at radius 3 is 2.72 bits per heavy atom. The van der Waals surface area contributed by atoms with Gasteiger partial charge in [-0.1, -0.05) is 31.5 Å². The van der Waals surface area contributed by atoms with Crippen LogP contribution in [0.4, 0.5) is 0 Å². The molecule has 100 valence electrons. The minimum Gasteiger partial charge on any atom is -0.496 e. The number of halogens is 1. The molecule has 2 rings (SSSR count). The number of ether oxygens (including phenoxy) is 1. The van der Waals surface area contributed by atoms with Crippen molar-refractivity contribution in [2.45, 2.75) is 39.3 Å². The summed E-state index contributed by atoms with van der Waals surface area (Å²) in [6.45, 7) is 5.45. The van der Waals surface area contributed by atoms with E-state index >= 15 is 0 Å². The van der Waals surface area contributed by atoms with Crippen LogP contribution in [-0.4, -0.2) is 13.2 Å². The Labute approximate surface area is 115 Å². The number of benzene rings is 1. The van der Waals surface area contributed by atoms with Crippen LogP contribution in [0.3, 0.4) is 0 Å². The summed E-state index contributed by atoms with van der Waals surface area (Å²) in [6.07, 6.45) is 2.58. The molecular formula is C15H22ClNO. The maximum Gasteiger partial charge on any atom is 0.124 e. The van der Waals surface area contributed by atoms with E-state index in [1.807, 2.05) is 18.2 Å². The number of methoxy groups -OCH3 is 1. The van der Waals surface area contributed by atoms with E-state index < -0.39 is 0 Å². The van der Waals surface area contributed by atoms with E-state index in [9.17, 15) is 0 Å². The van der Waals surface area contributed by atoms with Crippen LogP contribution >= 0.6 is 11.6 Å². The highest BCUT2D eigenvalue weighted by Gasteiger charge is 2.29. The Morgan fingerprint density at radius 2 is 2.11 bits per heavy atom. The van der Waals surface area contributed by atoms with Gasteiger partial charge in [-0.2, -0.15) is 0 Å². The molecule has 0 aliphatic heterocycles. The fourth-order valence-electron chi connectivity index (χ4n) is 2.79. The Balaban J connectivity index is 2.02. The Kier molecular flexibility index (Phi) is 4.52. The molecule has 1 aliphatic carbocycles. The molecule has 0 aromatic heterocycles. The number of hydrogen-bond acceptors (Lipinski definition) is 2. The molecule has 1 saturated carbocycles. The summed E-state index contributed by atoms with van der Waals surface area (Å²) in [6, 6.07) is 6.40. The first-order valence-corrected chi connectivity index (χ1v) is 7.06. The lowest BCUT2D eigenvalue weighted by Gasteiger charge is -2.20. The summed E-state index contributed by atoms with van der Waals surface area (Å²) in [7, 11) is 1.69. The van der Waals surface area contributed by atoms with Crippen LogP contribution in [0.5, 0.6) is 5.75 Å². The summed E-state index contributed by atoms with van der Waals surface area (Å²) in [5.74, 6) is 2.42. The summed E-state index contributed by atoms with van der Waals surface area (Å²) in [5, 5.41) is 4.41. The zero-order valence-corrected chi connectivity index (χ0v) is 12.1. The molecular weight excluding hydrogens is 246 g/mol. The predicted molar refractivity (Wildman–Crippen MR) is 76.2 cm³/mol. The van der Waals surface area contributed by atoms with Gasteiger partial charge in [-0.15, -0.1) is 0 Å². The molecule has 18 heavy (non-hydrogen) atoms. The van der Waals surface area contributed by atoms with Gasteiger partial charge in [-0.3, -0.25) is 0 Å². The van der Waals surface area contributed by atoms with E-state index in [0.29, 0.717) is 6.04 Å². The Hall–Kier alpha value is -0.730. The Morgan fingerprint density at radius 1 is 1.33 bits per heavy atom.